The number of hydrogen-bond donors (Lipinski definition) is 2. The van der Waals surface area contributed by atoms with Gasteiger partial charge in [-0.2, -0.15) is 0 Å². The van der Waals surface area contributed by atoms with Gasteiger partial charge in [-0.05, 0) is 56.9 Å². The molecular formula is C24H28FN3O3. The Morgan fingerprint density at radius 1 is 0.935 bits per heavy atom. The summed E-state index contributed by atoms with van der Waals surface area (Å²) in [5, 5.41) is 5.76. The van der Waals surface area contributed by atoms with Crippen molar-refractivity contribution in [1.82, 2.24) is 15.5 Å². The van der Waals surface area contributed by atoms with Crippen molar-refractivity contribution in [3.8, 4) is 0 Å². The van der Waals surface area contributed by atoms with Crippen LogP contribution in [0.15, 0.2) is 54.6 Å². The fraction of sp³-hybridized carbons (Fsp3) is 0.375. The summed E-state index contributed by atoms with van der Waals surface area (Å²) in [7, 11) is 0. The number of carbonyl (C=O) groups excluding carboxylic acids is 3. The van der Waals surface area contributed by atoms with Gasteiger partial charge in [-0.1, -0.05) is 30.3 Å². The van der Waals surface area contributed by atoms with E-state index in [-0.39, 0.29) is 35.2 Å². The third kappa shape index (κ3) is 5.69. The molecule has 0 aromatic heterocycles. The SMILES string of the molecule is CC(C)NC(=O)C(NC(=O)c1ccccc1)C1CCN(C(=O)c2ccccc2F)CC1. The fourth-order valence-electron chi connectivity index (χ4n) is 3.83. The van der Waals surface area contributed by atoms with E-state index in [1.807, 2.05) is 19.9 Å². The van der Waals surface area contributed by atoms with Crippen molar-refractivity contribution in [2.45, 2.75) is 38.8 Å². The molecule has 0 saturated carbocycles. The van der Waals surface area contributed by atoms with Gasteiger partial charge in [0.05, 0.1) is 5.56 Å². The molecule has 1 heterocycles. The van der Waals surface area contributed by atoms with Crippen LogP contribution in [0.2, 0.25) is 0 Å². The molecule has 3 amide bonds. The molecular weight excluding hydrogens is 397 g/mol. The Hall–Kier alpha value is -3.22. The van der Waals surface area contributed by atoms with Crippen LogP contribution in [-0.4, -0.2) is 47.8 Å². The maximum atomic E-state index is 14.0. The molecule has 2 N–H and O–H groups in total. The lowest BCUT2D eigenvalue weighted by molar-refractivity contribution is -0.125. The molecule has 3 rings (SSSR count). The van der Waals surface area contributed by atoms with E-state index in [0.717, 1.165) is 0 Å². The molecule has 7 heteroatoms. The number of hydrogen-bond acceptors (Lipinski definition) is 3. The minimum atomic E-state index is -0.708. The summed E-state index contributed by atoms with van der Waals surface area (Å²) in [6.45, 7) is 4.52. The fourth-order valence-corrected chi connectivity index (χ4v) is 3.83. The number of nitrogens with one attached hydrogen (secondary N) is 2. The second-order valence-corrected chi connectivity index (χ2v) is 8.09. The van der Waals surface area contributed by atoms with Gasteiger partial charge in [0.1, 0.15) is 11.9 Å². The lowest BCUT2D eigenvalue weighted by atomic mass is 9.88. The maximum Gasteiger partial charge on any atom is 0.256 e. The van der Waals surface area contributed by atoms with Gasteiger partial charge in [-0.3, -0.25) is 14.4 Å². The van der Waals surface area contributed by atoms with Crippen LogP contribution < -0.4 is 10.6 Å². The summed E-state index contributed by atoms with van der Waals surface area (Å²) in [6.07, 6.45) is 1.07. The van der Waals surface area contributed by atoms with E-state index in [2.05, 4.69) is 10.6 Å². The highest BCUT2D eigenvalue weighted by Crippen LogP contribution is 2.23. The molecule has 1 aliphatic heterocycles. The van der Waals surface area contributed by atoms with Crippen LogP contribution >= 0.6 is 0 Å². The maximum absolute atomic E-state index is 14.0. The number of rotatable bonds is 6. The summed E-state index contributed by atoms with van der Waals surface area (Å²) in [6, 6.07) is 13.9. The summed E-state index contributed by atoms with van der Waals surface area (Å²) >= 11 is 0. The molecule has 0 bridgehead atoms. The number of amides is 3. The first-order valence-corrected chi connectivity index (χ1v) is 10.6. The average Bonchev–Trinajstić information content (AvgIpc) is 2.77. The van der Waals surface area contributed by atoms with Gasteiger partial charge in [-0.15, -0.1) is 0 Å². The zero-order valence-corrected chi connectivity index (χ0v) is 17.8. The van der Waals surface area contributed by atoms with Gasteiger partial charge >= 0.3 is 0 Å². The normalized spacial score (nSPS) is 15.4. The minimum Gasteiger partial charge on any atom is -0.352 e. The summed E-state index contributed by atoms with van der Waals surface area (Å²) < 4.78 is 14.0. The van der Waals surface area contributed by atoms with E-state index in [0.29, 0.717) is 31.5 Å². The molecule has 1 unspecified atom stereocenters. The third-order valence-electron chi connectivity index (χ3n) is 5.44. The molecule has 164 valence electrons. The van der Waals surface area contributed by atoms with Crippen LogP contribution in [0, 0.1) is 11.7 Å². The van der Waals surface area contributed by atoms with Crippen LogP contribution in [0.5, 0.6) is 0 Å². The number of likely N-dealkylation sites (tertiary alicyclic amines) is 1. The number of carbonyl (C=O) groups is 3. The van der Waals surface area contributed by atoms with E-state index in [9.17, 15) is 18.8 Å². The Bertz CT molecular complexity index is 925. The average molecular weight is 426 g/mol. The monoisotopic (exact) mass is 425 g/mol. The van der Waals surface area contributed by atoms with Crippen molar-refractivity contribution < 1.29 is 18.8 Å². The Morgan fingerprint density at radius 3 is 2.16 bits per heavy atom. The first-order chi connectivity index (χ1) is 14.9. The Balaban J connectivity index is 1.69. The Morgan fingerprint density at radius 2 is 1.55 bits per heavy atom. The third-order valence-corrected chi connectivity index (χ3v) is 5.44. The second-order valence-electron chi connectivity index (χ2n) is 8.09. The number of halogens is 1. The van der Waals surface area contributed by atoms with Crippen LogP contribution in [0.1, 0.15) is 47.4 Å². The Labute approximate surface area is 181 Å². The predicted octanol–water partition coefficient (Wildman–Crippen LogP) is 3.00. The highest BCUT2D eigenvalue weighted by Gasteiger charge is 2.34. The van der Waals surface area contributed by atoms with Gasteiger partial charge in [0.2, 0.25) is 5.91 Å². The van der Waals surface area contributed by atoms with E-state index in [1.165, 1.54) is 12.1 Å². The zero-order chi connectivity index (χ0) is 22.4. The summed E-state index contributed by atoms with van der Waals surface area (Å²) in [5.74, 6) is -1.57. The van der Waals surface area contributed by atoms with E-state index in [1.54, 1.807) is 41.3 Å². The molecule has 0 spiro atoms. The molecule has 2 aromatic rings. The van der Waals surface area contributed by atoms with Gasteiger partial charge < -0.3 is 15.5 Å². The predicted molar refractivity (Wildman–Crippen MR) is 116 cm³/mol. The highest BCUT2D eigenvalue weighted by atomic mass is 19.1. The Kier molecular flexibility index (Phi) is 7.39. The smallest absolute Gasteiger partial charge is 0.256 e. The van der Waals surface area contributed by atoms with E-state index in [4.69, 9.17) is 0 Å². The van der Waals surface area contributed by atoms with Crippen molar-refractivity contribution in [2.24, 2.45) is 5.92 Å². The topological polar surface area (TPSA) is 78.5 Å². The van der Waals surface area contributed by atoms with Crippen LogP contribution in [0.4, 0.5) is 4.39 Å². The van der Waals surface area contributed by atoms with Crippen LogP contribution in [0.3, 0.4) is 0 Å². The van der Waals surface area contributed by atoms with E-state index < -0.39 is 11.9 Å². The second kappa shape index (κ2) is 10.2. The van der Waals surface area contributed by atoms with Crippen molar-refractivity contribution in [3.63, 3.8) is 0 Å². The molecule has 1 atom stereocenters. The van der Waals surface area contributed by atoms with Crippen molar-refractivity contribution in [3.05, 3.63) is 71.5 Å². The summed E-state index contributed by atoms with van der Waals surface area (Å²) in [4.78, 5) is 39.8. The van der Waals surface area contributed by atoms with Gasteiger partial charge in [0.25, 0.3) is 11.8 Å². The lowest BCUT2D eigenvalue weighted by Crippen LogP contribution is -2.54. The lowest BCUT2D eigenvalue weighted by Gasteiger charge is -2.36. The van der Waals surface area contributed by atoms with Crippen molar-refractivity contribution in [1.29, 1.82) is 0 Å². The molecule has 1 aliphatic rings. The van der Waals surface area contributed by atoms with E-state index >= 15 is 0 Å². The first kappa shape index (κ1) is 22.5. The highest BCUT2D eigenvalue weighted by molar-refractivity contribution is 5.97. The number of nitrogens with zero attached hydrogens (tertiary/aromatic N) is 1. The minimum absolute atomic E-state index is 0.0485. The van der Waals surface area contributed by atoms with Crippen molar-refractivity contribution >= 4 is 17.7 Å². The number of piperidine rings is 1. The molecule has 2 aromatic carbocycles. The quantitative estimate of drug-likeness (QED) is 0.747. The van der Waals surface area contributed by atoms with Crippen molar-refractivity contribution in [2.75, 3.05) is 13.1 Å². The molecule has 1 saturated heterocycles. The summed E-state index contributed by atoms with van der Waals surface area (Å²) in [5.41, 5.74) is 0.532. The largest absolute Gasteiger partial charge is 0.352 e. The molecule has 6 nitrogen and oxygen atoms in total. The van der Waals surface area contributed by atoms with Gasteiger partial charge in [0, 0.05) is 24.7 Å². The van der Waals surface area contributed by atoms with Gasteiger partial charge in [0.15, 0.2) is 0 Å². The van der Waals surface area contributed by atoms with Gasteiger partial charge in [-0.25, -0.2) is 4.39 Å². The molecule has 1 fully saturated rings. The standard InChI is InChI=1S/C24H28FN3O3/c1-16(2)26-23(30)21(27-22(29)18-8-4-3-5-9-18)17-12-14-28(15-13-17)24(31)19-10-6-7-11-20(19)25/h3-11,16-17,21H,12-15H2,1-2H3,(H,26,30)(H,27,29). The molecule has 31 heavy (non-hydrogen) atoms. The van der Waals surface area contributed by atoms with Crippen LogP contribution in [0.25, 0.3) is 0 Å². The molecule has 0 aliphatic carbocycles. The molecule has 0 radical (unpaired) electrons. The van der Waals surface area contributed by atoms with Crippen LogP contribution in [-0.2, 0) is 4.79 Å². The first-order valence-electron chi connectivity index (χ1n) is 10.6. The number of benzene rings is 2. The zero-order valence-electron chi connectivity index (χ0n) is 17.8.